The number of methoxy groups -OCH3 is 1. The Kier molecular flexibility index (Phi) is 7.16. The van der Waals surface area contributed by atoms with Crippen molar-refractivity contribution in [1.29, 1.82) is 0 Å². The molecule has 0 radical (unpaired) electrons. The van der Waals surface area contributed by atoms with E-state index >= 15 is 0 Å². The first-order chi connectivity index (χ1) is 11.1. The number of nitrogens with one attached hydrogen (secondary N) is 2. The van der Waals surface area contributed by atoms with E-state index in [2.05, 4.69) is 22.4 Å². The fourth-order valence-corrected chi connectivity index (χ4v) is 3.57. The molecule has 130 valence electrons. The summed E-state index contributed by atoms with van der Waals surface area (Å²) in [5.74, 6) is 1.05. The molecule has 0 aromatic carbocycles. The minimum Gasteiger partial charge on any atom is -0.385 e. The fourth-order valence-electron chi connectivity index (χ4n) is 2.78. The van der Waals surface area contributed by atoms with E-state index in [-0.39, 0.29) is 17.3 Å². The summed E-state index contributed by atoms with van der Waals surface area (Å²) >= 11 is 1.29. The Labute approximate surface area is 140 Å². The maximum atomic E-state index is 12.1. The molecule has 1 amide bonds. The van der Waals surface area contributed by atoms with Crippen molar-refractivity contribution in [3.63, 3.8) is 0 Å². The molecule has 0 atom stereocenters. The van der Waals surface area contributed by atoms with E-state index in [1.54, 1.807) is 11.7 Å². The van der Waals surface area contributed by atoms with Crippen LogP contribution in [0.5, 0.6) is 0 Å². The molecule has 1 fully saturated rings. The smallest absolute Gasteiger partial charge is 0.343 e. The van der Waals surface area contributed by atoms with Gasteiger partial charge in [-0.1, -0.05) is 18.7 Å². The molecule has 0 unspecified atom stereocenters. The first-order valence-corrected chi connectivity index (χ1v) is 9.15. The van der Waals surface area contributed by atoms with E-state index in [9.17, 15) is 9.59 Å². The van der Waals surface area contributed by atoms with Crippen LogP contribution < -0.4 is 11.0 Å². The summed E-state index contributed by atoms with van der Waals surface area (Å²) in [6.45, 7) is 3.38. The van der Waals surface area contributed by atoms with Gasteiger partial charge in [-0.3, -0.25) is 9.36 Å². The van der Waals surface area contributed by atoms with Gasteiger partial charge in [-0.05, 0) is 38.0 Å². The van der Waals surface area contributed by atoms with Gasteiger partial charge < -0.3 is 10.1 Å². The number of H-pyrrole nitrogens is 1. The minimum atomic E-state index is -0.245. The average Bonchev–Trinajstić information content (AvgIpc) is 2.88. The number of nitrogens with zero attached hydrogens (tertiary/aromatic N) is 2. The molecule has 7 nitrogen and oxygen atoms in total. The van der Waals surface area contributed by atoms with Crippen LogP contribution in [0.3, 0.4) is 0 Å². The predicted molar refractivity (Wildman–Crippen MR) is 89.6 cm³/mol. The Hall–Kier alpha value is -1.28. The molecule has 0 spiro atoms. The van der Waals surface area contributed by atoms with Crippen LogP contribution in [-0.4, -0.2) is 46.2 Å². The van der Waals surface area contributed by atoms with Gasteiger partial charge in [0.25, 0.3) is 0 Å². The molecular formula is C15H26N4O3S. The van der Waals surface area contributed by atoms with Crippen molar-refractivity contribution in [2.45, 2.75) is 56.8 Å². The van der Waals surface area contributed by atoms with Gasteiger partial charge >= 0.3 is 5.69 Å². The second-order valence-corrected chi connectivity index (χ2v) is 7.06. The molecule has 1 saturated carbocycles. The number of ether oxygens (including phenoxy) is 1. The fraction of sp³-hybridized carbons (Fsp3) is 0.800. The van der Waals surface area contributed by atoms with E-state index in [4.69, 9.17) is 4.74 Å². The van der Waals surface area contributed by atoms with Crippen LogP contribution in [0.4, 0.5) is 0 Å². The monoisotopic (exact) mass is 342 g/mol. The SMILES string of the molecule is COCCCn1c(SCC(=O)NC2CCC(C)CC2)n[nH]c1=O. The second kappa shape index (κ2) is 9.12. The number of aromatic amines is 1. The lowest BCUT2D eigenvalue weighted by molar-refractivity contribution is -0.119. The Balaban J connectivity index is 1.78. The van der Waals surface area contributed by atoms with E-state index in [1.165, 1.54) is 24.6 Å². The third kappa shape index (κ3) is 5.69. The Morgan fingerprint density at radius 1 is 1.43 bits per heavy atom. The Bertz CT molecular complexity index is 549. The quantitative estimate of drug-likeness (QED) is 0.550. The molecule has 1 aromatic heterocycles. The number of carbonyl (C=O) groups excluding carboxylic acids is 1. The van der Waals surface area contributed by atoms with E-state index in [0.717, 1.165) is 25.2 Å². The molecule has 1 heterocycles. The number of thioether (sulfide) groups is 1. The van der Waals surface area contributed by atoms with Gasteiger partial charge in [0.15, 0.2) is 5.16 Å². The van der Waals surface area contributed by atoms with Crippen LogP contribution in [0.15, 0.2) is 9.95 Å². The highest BCUT2D eigenvalue weighted by atomic mass is 32.2. The summed E-state index contributed by atoms with van der Waals surface area (Å²) in [6.07, 6.45) is 5.20. The van der Waals surface area contributed by atoms with Crippen LogP contribution in [0, 0.1) is 5.92 Å². The summed E-state index contributed by atoms with van der Waals surface area (Å²) in [5.41, 5.74) is -0.245. The molecule has 0 saturated heterocycles. The molecule has 23 heavy (non-hydrogen) atoms. The first kappa shape index (κ1) is 18.1. The molecule has 1 aliphatic carbocycles. The Morgan fingerprint density at radius 3 is 2.87 bits per heavy atom. The molecular weight excluding hydrogens is 316 g/mol. The topological polar surface area (TPSA) is 89.0 Å². The molecule has 8 heteroatoms. The highest BCUT2D eigenvalue weighted by molar-refractivity contribution is 7.99. The maximum absolute atomic E-state index is 12.1. The summed E-state index contributed by atoms with van der Waals surface area (Å²) < 4.78 is 6.55. The molecule has 0 aliphatic heterocycles. The summed E-state index contributed by atoms with van der Waals surface area (Å²) in [7, 11) is 1.63. The third-order valence-corrected chi connectivity index (χ3v) is 5.14. The third-order valence-electron chi connectivity index (χ3n) is 4.17. The first-order valence-electron chi connectivity index (χ1n) is 8.16. The van der Waals surface area contributed by atoms with Gasteiger partial charge in [0.2, 0.25) is 5.91 Å². The van der Waals surface area contributed by atoms with Crippen molar-refractivity contribution in [1.82, 2.24) is 20.1 Å². The molecule has 2 N–H and O–H groups in total. The molecule has 1 aliphatic rings. The van der Waals surface area contributed by atoms with Gasteiger partial charge in [-0.25, -0.2) is 9.89 Å². The lowest BCUT2D eigenvalue weighted by atomic mass is 9.87. The highest BCUT2D eigenvalue weighted by Crippen LogP contribution is 2.23. The standard InChI is InChI=1S/C15H26N4O3S/c1-11-4-6-12(7-5-11)16-13(20)10-23-15-18-17-14(21)19(15)8-3-9-22-2/h11-12H,3-10H2,1-2H3,(H,16,20)(H,17,21). The normalized spacial score (nSPS) is 21.3. The van der Waals surface area contributed by atoms with Crippen molar-refractivity contribution in [2.75, 3.05) is 19.5 Å². The molecule has 0 bridgehead atoms. The lowest BCUT2D eigenvalue weighted by Gasteiger charge is -2.26. The van der Waals surface area contributed by atoms with Gasteiger partial charge in [0.05, 0.1) is 5.75 Å². The van der Waals surface area contributed by atoms with Gasteiger partial charge in [0, 0.05) is 26.3 Å². The largest absolute Gasteiger partial charge is 0.385 e. The van der Waals surface area contributed by atoms with Gasteiger partial charge in [0.1, 0.15) is 0 Å². The summed E-state index contributed by atoms with van der Waals surface area (Å²) in [5, 5.41) is 10.1. The average molecular weight is 342 g/mol. The predicted octanol–water partition coefficient (Wildman–Crippen LogP) is 1.39. The van der Waals surface area contributed by atoms with Crippen LogP contribution in [0.2, 0.25) is 0 Å². The van der Waals surface area contributed by atoms with Crippen molar-refractivity contribution < 1.29 is 9.53 Å². The van der Waals surface area contributed by atoms with Crippen LogP contribution in [0.1, 0.15) is 39.0 Å². The van der Waals surface area contributed by atoms with E-state index in [0.29, 0.717) is 24.3 Å². The van der Waals surface area contributed by atoms with E-state index in [1.807, 2.05) is 0 Å². The van der Waals surface area contributed by atoms with Crippen molar-refractivity contribution in [3.8, 4) is 0 Å². The van der Waals surface area contributed by atoms with Gasteiger partial charge in [-0.2, -0.15) is 0 Å². The van der Waals surface area contributed by atoms with Crippen LogP contribution >= 0.6 is 11.8 Å². The number of amides is 1. The summed E-state index contributed by atoms with van der Waals surface area (Å²) in [4.78, 5) is 23.8. The van der Waals surface area contributed by atoms with Crippen LogP contribution in [0.25, 0.3) is 0 Å². The van der Waals surface area contributed by atoms with Crippen molar-refractivity contribution >= 4 is 17.7 Å². The zero-order chi connectivity index (χ0) is 16.7. The van der Waals surface area contributed by atoms with Crippen molar-refractivity contribution in [3.05, 3.63) is 10.5 Å². The van der Waals surface area contributed by atoms with Gasteiger partial charge in [-0.15, -0.1) is 5.10 Å². The molecule has 1 aromatic rings. The number of hydrogen-bond acceptors (Lipinski definition) is 5. The van der Waals surface area contributed by atoms with Crippen LogP contribution in [-0.2, 0) is 16.1 Å². The molecule has 2 rings (SSSR count). The zero-order valence-electron chi connectivity index (χ0n) is 13.8. The second-order valence-electron chi connectivity index (χ2n) is 6.12. The number of hydrogen-bond donors (Lipinski definition) is 2. The summed E-state index contributed by atoms with van der Waals surface area (Å²) in [6, 6.07) is 0.294. The number of aromatic nitrogens is 3. The van der Waals surface area contributed by atoms with E-state index < -0.39 is 0 Å². The lowest BCUT2D eigenvalue weighted by Crippen LogP contribution is -2.38. The maximum Gasteiger partial charge on any atom is 0.343 e. The van der Waals surface area contributed by atoms with Crippen molar-refractivity contribution in [2.24, 2.45) is 5.92 Å². The zero-order valence-corrected chi connectivity index (χ0v) is 14.7. The highest BCUT2D eigenvalue weighted by Gasteiger charge is 2.20. The Morgan fingerprint density at radius 2 is 2.17 bits per heavy atom. The number of rotatable bonds is 8. The number of carbonyl (C=O) groups is 1. The minimum absolute atomic E-state index is 0.00782.